The number of aldehydes is 1. The first-order chi connectivity index (χ1) is 8.13. The average Bonchev–Trinajstić information content (AvgIpc) is 2.29. The Morgan fingerprint density at radius 3 is 2.59 bits per heavy atom. The topological polar surface area (TPSA) is 17.1 Å². The van der Waals surface area contributed by atoms with Gasteiger partial charge in [0.25, 0.3) is 0 Å². The van der Waals surface area contributed by atoms with Gasteiger partial charge in [0.1, 0.15) is 6.29 Å². The lowest BCUT2D eigenvalue weighted by Crippen LogP contribution is -1.94. The van der Waals surface area contributed by atoms with Gasteiger partial charge in [-0.15, -0.1) is 0 Å². The Kier molecular flexibility index (Phi) is 5.68. The quantitative estimate of drug-likeness (QED) is 0.660. The molecule has 0 bridgehead atoms. The molecule has 0 amide bonds. The molecule has 1 aromatic carbocycles. The van der Waals surface area contributed by atoms with E-state index in [0.717, 1.165) is 12.7 Å². The second-order valence-electron chi connectivity index (χ2n) is 5.01. The van der Waals surface area contributed by atoms with Crippen molar-refractivity contribution in [3.8, 4) is 0 Å². The van der Waals surface area contributed by atoms with E-state index in [4.69, 9.17) is 0 Å². The number of hydrogen-bond acceptors (Lipinski definition) is 1. The minimum Gasteiger partial charge on any atom is -0.303 e. The van der Waals surface area contributed by atoms with Crippen LogP contribution in [0.4, 0.5) is 0 Å². The molecule has 92 valence electrons. The maximum atomic E-state index is 10.5. The summed E-state index contributed by atoms with van der Waals surface area (Å²) in [6.45, 7) is 6.52. The van der Waals surface area contributed by atoms with Gasteiger partial charge in [-0.3, -0.25) is 0 Å². The first kappa shape index (κ1) is 13.7. The van der Waals surface area contributed by atoms with Crippen LogP contribution in [-0.2, 0) is 4.79 Å². The van der Waals surface area contributed by atoms with Gasteiger partial charge in [-0.25, -0.2) is 0 Å². The zero-order valence-corrected chi connectivity index (χ0v) is 11.0. The molecule has 0 radical (unpaired) electrons. The highest BCUT2D eigenvalue weighted by atomic mass is 16.1. The van der Waals surface area contributed by atoms with Crippen LogP contribution in [0, 0.1) is 5.92 Å². The molecule has 0 heterocycles. The lowest BCUT2D eigenvalue weighted by molar-refractivity contribution is -0.108. The number of hydrogen-bond donors (Lipinski definition) is 0. The first-order valence-electron chi connectivity index (χ1n) is 6.33. The van der Waals surface area contributed by atoms with Crippen molar-refractivity contribution in [2.45, 2.75) is 39.5 Å². The zero-order valence-electron chi connectivity index (χ0n) is 11.0. The molecule has 0 N–H and O–H groups in total. The van der Waals surface area contributed by atoms with E-state index < -0.39 is 0 Å². The molecule has 0 aliphatic carbocycles. The van der Waals surface area contributed by atoms with E-state index in [-0.39, 0.29) is 0 Å². The Hall–Kier alpha value is -1.37. The van der Waals surface area contributed by atoms with Crippen LogP contribution in [0.5, 0.6) is 0 Å². The lowest BCUT2D eigenvalue weighted by Gasteiger charge is -2.08. The molecule has 1 atom stereocenters. The Balaban J connectivity index is 2.71. The minimum atomic E-state index is 0.311. The van der Waals surface area contributed by atoms with Crippen LogP contribution in [0.25, 0.3) is 6.08 Å². The van der Waals surface area contributed by atoms with Crippen LogP contribution in [-0.4, -0.2) is 6.29 Å². The van der Waals surface area contributed by atoms with E-state index in [1.807, 2.05) is 0 Å². The Bertz CT molecular complexity index is 377. The highest BCUT2D eigenvalue weighted by Gasteiger charge is 2.04. The SMILES string of the molecule is CC(C)CC=Cc1cccc(C(C)CC=O)c1. The van der Waals surface area contributed by atoms with Crippen molar-refractivity contribution in [2.24, 2.45) is 5.92 Å². The third-order valence-corrected chi connectivity index (χ3v) is 2.85. The van der Waals surface area contributed by atoms with Crippen LogP contribution in [0.2, 0.25) is 0 Å². The zero-order chi connectivity index (χ0) is 12.7. The number of carbonyl (C=O) groups is 1. The maximum Gasteiger partial charge on any atom is 0.120 e. The van der Waals surface area contributed by atoms with Gasteiger partial charge in [0, 0.05) is 6.42 Å². The standard InChI is InChI=1S/C16H22O/c1-13(2)6-4-7-15-8-5-9-16(12-15)14(3)10-11-17/h4-5,7-9,11-14H,6,10H2,1-3H3. The van der Waals surface area contributed by atoms with Gasteiger partial charge in [-0.05, 0) is 29.4 Å². The fourth-order valence-electron chi connectivity index (χ4n) is 1.73. The lowest BCUT2D eigenvalue weighted by atomic mass is 9.96. The third kappa shape index (κ3) is 4.99. The van der Waals surface area contributed by atoms with Crippen molar-refractivity contribution in [2.75, 3.05) is 0 Å². The number of carbonyl (C=O) groups excluding carboxylic acids is 1. The number of rotatable bonds is 6. The fraction of sp³-hybridized carbons (Fsp3) is 0.438. The fourth-order valence-corrected chi connectivity index (χ4v) is 1.73. The van der Waals surface area contributed by atoms with Gasteiger partial charge in [0.05, 0.1) is 0 Å². The van der Waals surface area contributed by atoms with Gasteiger partial charge >= 0.3 is 0 Å². The largest absolute Gasteiger partial charge is 0.303 e. The average molecular weight is 230 g/mol. The Labute approximate surface area is 105 Å². The molecule has 0 fully saturated rings. The van der Waals surface area contributed by atoms with E-state index in [0.29, 0.717) is 18.3 Å². The van der Waals surface area contributed by atoms with E-state index in [2.05, 4.69) is 57.2 Å². The number of allylic oxidation sites excluding steroid dienone is 1. The summed E-state index contributed by atoms with van der Waals surface area (Å²) in [5.74, 6) is 1.01. The monoisotopic (exact) mass is 230 g/mol. The van der Waals surface area contributed by atoms with Crippen molar-refractivity contribution in [3.63, 3.8) is 0 Å². The molecular formula is C16H22O. The van der Waals surface area contributed by atoms with E-state index in [9.17, 15) is 4.79 Å². The summed E-state index contributed by atoms with van der Waals surface area (Å²) in [4.78, 5) is 10.5. The molecule has 1 rings (SSSR count). The molecule has 1 heteroatoms. The molecule has 17 heavy (non-hydrogen) atoms. The Morgan fingerprint density at radius 2 is 1.94 bits per heavy atom. The molecular weight excluding hydrogens is 208 g/mol. The van der Waals surface area contributed by atoms with Gasteiger partial charge in [-0.2, -0.15) is 0 Å². The van der Waals surface area contributed by atoms with E-state index in [1.54, 1.807) is 0 Å². The van der Waals surface area contributed by atoms with Crippen molar-refractivity contribution < 1.29 is 4.79 Å². The summed E-state index contributed by atoms with van der Waals surface area (Å²) in [6, 6.07) is 8.43. The van der Waals surface area contributed by atoms with Gasteiger partial charge in [-0.1, -0.05) is 57.2 Å². The maximum absolute atomic E-state index is 10.5. The van der Waals surface area contributed by atoms with Crippen LogP contribution in [0.15, 0.2) is 30.3 Å². The van der Waals surface area contributed by atoms with Crippen LogP contribution in [0.1, 0.15) is 50.7 Å². The van der Waals surface area contributed by atoms with Crippen molar-refractivity contribution in [3.05, 3.63) is 41.5 Å². The van der Waals surface area contributed by atoms with Gasteiger partial charge < -0.3 is 4.79 Å². The molecule has 0 spiro atoms. The van der Waals surface area contributed by atoms with Crippen LogP contribution in [0.3, 0.4) is 0 Å². The highest BCUT2D eigenvalue weighted by Crippen LogP contribution is 2.19. The first-order valence-corrected chi connectivity index (χ1v) is 6.33. The molecule has 1 aromatic rings. The highest BCUT2D eigenvalue weighted by molar-refractivity contribution is 5.54. The Morgan fingerprint density at radius 1 is 1.18 bits per heavy atom. The second kappa shape index (κ2) is 7.05. The summed E-state index contributed by atoms with van der Waals surface area (Å²) >= 11 is 0. The molecule has 1 nitrogen and oxygen atoms in total. The molecule has 0 saturated carbocycles. The predicted octanol–water partition coefficient (Wildman–Crippen LogP) is 4.44. The van der Waals surface area contributed by atoms with E-state index >= 15 is 0 Å². The molecule has 0 aliphatic rings. The second-order valence-corrected chi connectivity index (χ2v) is 5.01. The molecule has 0 saturated heterocycles. The normalized spacial score (nSPS) is 13.2. The van der Waals surface area contributed by atoms with Crippen molar-refractivity contribution >= 4 is 12.4 Å². The summed E-state index contributed by atoms with van der Waals surface area (Å²) in [7, 11) is 0. The molecule has 1 unspecified atom stereocenters. The number of benzene rings is 1. The minimum absolute atomic E-state index is 0.311. The van der Waals surface area contributed by atoms with Crippen molar-refractivity contribution in [1.29, 1.82) is 0 Å². The summed E-state index contributed by atoms with van der Waals surface area (Å²) in [5.41, 5.74) is 2.46. The van der Waals surface area contributed by atoms with Gasteiger partial charge in [0.2, 0.25) is 0 Å². The smallest absolute Gasteiger partial charge is 0.120 e. The molecule has 0 aromatic heterocycles. The van der Waals surface area contributed by atoms with E-state index in [1.165, 1.54) is 11.1 Å². The van der Waals surface area contributed by atoms with Crippen LogP contribution >= 0.6 is 0 Å². The summed E-state index contributed by atoms with van der Waals surface area (Å²) in [5, 5.41) is 0. The third-order valence-electron chi connectivity index (χ3n) is 2.85. The summed E-state index contributed by atoms with van der Waals surface area (Å²) in [6.07, 6.45) is 7.07. The molecule has 0 aliphatic heterocycles. The van der Waals surface area contributed by atoms with Gasteiger partial charge in [0.15, 0.2) is 0 Å². The predicted molar refractivity (Wildman–Crippen MR) is 74.0 cm³/mol. The summed E-state index contributed by atoms with van der Waals surface area (Å²) < 4.78 is 0. The van der Waals surface area contributed by atoms with Crippen LogP contribution < -0.4 is 0 Å². The van der Waals surface area contributed by atoms with Crippen molar-refractivity contribution in [1.82, 2.24) is 0 Å².